The Morgan fingerprint density at radius 2 is 1.00 bits per heavy atom. The molecule has 1 saturated heterocycles. The van der Waals surface area contributed by atoms with Crippen LogP contribution in [0.15, 0.2) is 101 Å². The largest absolute Gasteiger partial charge is 0.267 e. The van der Waals surface area contributed by atoms with Crippen LogP contribution in [-0.4, -0.2) is 35.5 Å². The van der Waals surface area contributed by atoms with Crippen LogP contribution in [-0.2, 0) is 0 Å². The maximum atomic E-state index is 4.75. The Morgan fingerprint density at radius 1 is 0.593 bits per heavy atom. The standard InChI is InChI=1S/C23H22N4/c1-4-10-20(11-5-1)18-24-26-16-17-27(23(26)22-14-8-3-9-15-22)25-19-21-12-6-2-7-13-21/h1-15,18-19,23H,16-17H2/b24-18-,25-19-. The minimum absolute atomic E-state index is 0.00822. The summed E-state index contributed by atoms with van der Waals surface area (Å²) >= 11 is 0. The van der Waals surface area contributed by atoms with Gasteiger partial charge in [-0.1, -0.05) is 91.0 Å². The Morgan fingerprint density at radius 3 is 1.44 bits per heavy atom. The second-order valence-corrected chi connectivity index (χ2v) is 6.42. The molecule has 0 bridgehead atoms. The van der Waals surface area contributed by atoms with Gasteiger partial charge in [0.05, 0.1) is 25.5 Å². The van der Waals surface area contributed by atoms with E-state index in [4.69, 9.17) is 10.2 Å². The normalized spacial score (nSPS) is 15.3. The Kier molecular flexibility index (Phi) is 5.25. The van der Waals surface area contributed by atoms with E-state index < -0.39 is 0 Å². The predicted molar refractivity (Wildman–Crippen MR) is 111 cm³/mol. The molecule has 0 spiro atoms. The molecule has 0 aromatic heterocycles. The summed E-state index contributed by atoms with van der Waals surface area (Å²) in [5.41, 5.74) is 3.37. The molecule has 1 aliphatic rings. The molecule has 1 fully saturated rings. The third-order valence-electron chi connectivity index (χ3n) is 4.53. The highest BCUT2D eigenvalue weighted by molar-refractivity contribution is 5.79. The van der Waals surface area contributed by atoms with Crippen LogP contribution in [0.3, 0.4) is 0 Å². The van der Waals surface area contributed by atoms with Gasteiger partial charge in [0.25, 0.3) is 0 Å². The summed E-state index contributed by atoms with van der Waals surface area (Å²) in [6, 6.07) is 30.8. The van der Waals surface area contributed by atoms with Crippen molar-refractivity contribution in [3.63, 3.8) is 0 Å². The van der Waals surface area contributed by atoms with Gasteiger partial charge in [-0.2, -0.15) is 10.2 Å². The fourth-order valence-corrected chi connectivity index (χ4v) is 3.17. The van der Waals surface area contributed by atoms with Gasteiger partial charge in [0.2, 0.25) is 0 Å². The van der Waals surface area contributed by atoms with E-state index in [0.29, 0.717) is 0 Å². The van der Waals surface area contributed by atoms with E-state index in [9.17, 15) is 0 Å². The van der Waals surface area contributed by atoms with Crippen LogP contribution in [0.4, 0.5) is 0 Å². The van der Waals surface area contributed by atoms with Crippen molar-refractivity contribution in [3.05, 3.63) is 108 Å². The van der Waals surface area contributed by atoms with E-state index in [2.05, 4.69) is 58.5 Å². The molecular formula is C23H22N4. The molecule has 4 heteroatoms. The first kappa shape index (κ1) is 17.0. The van der Waals surface area contributed by atoms with Gasteiger partial charge in [-0.3, -0.25) is 10.0 Å². The molecule has 4 nitrogen and oxygen atoms in total. The first-order valence-electron chi connectivity index (χ1n) is 9.16. The van der Waals surface area contributed by atoms with Crippen LogP contribution in [0.25, 0.3) is 0 Å². The molecule has 1 heterocycles. The maximum absolute atomic E-state index is 4.75. The Hall–Kier alpha value is -3.40. The molecule has 0 radical (unpaired) electrons. The molecule has 0 aliphatic carbocycles. The third-order valence-corrected chi connectivity index (χ3v) is 4.53. The van der Waals surface area contributed by atoms with Crippen molar-refractivity contribution in [1.82, 2.24) is 10.0 Å². The quantitative estimate of drug-likeness (QED) is 0.637. The molecular weight excluding hydrogens is 332 g/mol. The predicted octanol–water partition coefficient (Wildman–Crippen LogP) is 4.37. The summed E-state index contributed by atoms with van der Waals surface area (Å²) < 4.78 is 0. The minimum Gasteiger partial charge on any atom is -0.267 e. The number of hydrogen-bond acceptors (Lipinski definition) is 4. The summed E-state index contributed by atoms with van der Waals surface area (Å²) in [5, 5.41) is 13.7. The first-order chi connectivity index (χ1) is 13.4. The lowest BCUT2D eigenvalue weighted by Gasteiger charge is -2.26. The van der Waals surface area contributed by atoms with Crippen molar-refractivity contribution in [1.29, 1.82) is 0 Å². The van der Waals surface area contributed by atoms with Crippen LogP contribution < -0.4 is 0 Å². The fourth-order valence-electron chi connectivity index (χ4n) is 3.17. The van der Waals surface area contributed by atoms with Crippen molar-refractivity contribution < 1.29 is 0 Å². The zero-order chi connectivity index (χ0) is 18.3. The molecule has 0 atom stereocenters. The monoisotopic (exact) mass is 354 g/mol. The zero-order valence-corrected chi connectivity index (χ0v) is 15.1. The van der Waals surface area contributed by atoms with Crippen molar-refractivity contribution >= 4 is 12.4 Å². The highest BCUT2D eigenvalue weighted by atomic mass is 15.7. The van der Waals surface area contributed by atoms with Crippen molar-refractivity contribution in [2.75, 3.05) is 13.1 Å². The fraction of sp³-hybridized carbons (Fsp3) is 0.130. The highest BCUT2D eigenvalue weighted by Crippen LogP contribution is 2.30. The van der Waals surface area contributed by atoms with Gasteiger partial charge in [0, 0.05) is 0 Å². The summed E-state index contributed by atoms with van der Waals surface area (Å²) in [6.07, 6.45) is 3.83. The molecule has 134 valence electrons. The van der Waals surface area contributed by atoms with Crippen LogP contribution in [0.2, 0.25) is 0 Å². The summed E-state index contributed by atoms with van der Waals surface area (Å²) in [4.78, 5) is 0. The van der Waals surface area contributed by atoms with Crippen LogP contribution in [0.1, 0.15) is 22.9 Å². The SMILES string of the molecule is C(=N/N1CCN(/N=C\c2ccccc2)C1c1ccccc1)/c1ccccc1. The van der Waals surface area contributed by atoms with E-state index in [0.717, 1.165) is 24.2 Å². The molecule has 0 N–H and O–H groups in total. The smallest absolute Gasteiger partial charge is 0.160 e. The van der Waals surface area contributed by atoms with Crippen molar-refractivity contribution in [3.8, 4) is 0 Å². The lowest BCUT2D eigenvalue weighted by Crippen LogP contribution is -2.25. The highest BCUT2D eigenvalue weighted by Gasteiger charge is 2.31. The van der Waals surface area contributed by atoms with Crippen molar-refractivity contribution in [2.45, 2.75) is 6.17 Å². The molecule has 4 rings (SSSR count). The van der Waals surface area contributed by atoms with E-state index >= 15 is 0 Å². The molecule has 27 heavy (non-hydrogen) atoms. The second kappa shape index (κ2) is 8.32. The number of nitrogens with zero attached hydrogens (tertiary/aromatic N) is 4. The molecule has 0 unspecified atom stereocenters. The van der Waals surface area contributed by atoms with Gasteiger partial charge in [-0.05, 0) is 16.7 Å². The lowest BCUT2D eigenvalue weighted by atomic mass is 10.2. The average Bonchev–Trinajstić information content (AvgIpc) is 3.16. The third kappa shape index (κ3) is 4.23. The lowest BCUT2D eigenvalue weighted by molar-refractivity contribution is 0.147. The Balaban J connectivity index is 1.58. The second-order valence-electron chi connectivity index (χ2n) is 6.42. The summed E-state index contributed by atoms with van der Waals surface area (Å²) in [5.74, 6) is 0. The van der Waals surface area contributed by atoms with Crippen LogP contribution >= 0.6 is 0 Å². The number of hydrazone groups is 2. The number of hydrogen-bond donors (Lipinski definition) is 0. The average molecular weight is 354 g/mol. The minimum atomic E-state index is -0.00822. The Labute approximate surface area is 160 Å². The van der Waals surface area contributed by atoms with Gasteiger partial charge in [0.1, 0.15) is 0 Å². The van der Waals surface area contributed by atoms with Gasteiger partial charge < -0.3 is 0 Å². The van der Waals surface area contributed by atoms with Crippen molar-refractivity contribution in [2.24, 2.45) is 10.2 Å². The molecule has 3 aromatic rings. The van der Waals surface area contributed by atoms with Gasteiger partial charge in [0.15, 0.2) is 6.17 Å². The number of rotatable bonds is 5. The van der Waals surface area contributed by atoms with Crippen LogP contribution in [0.5, 0.6) is 0 Å². The van der Waals surface area contributed by atoms with Crippen LogP contribution in [0, 0.1) is 0 Å². The number of benzene rings is 3. The van der Waals surface area contributed by atoms with E-state index in [1.54, 1.807) is 0 Å². The first-order valence-corrected chi connectivity index (χ1v) is 9.16. The van der Waals surface area contributed by atoms with Gasteiger partial charge in [-0.25, -0.2) is 0 Å². The molecule has 0 amide bonds. The maximum Gasteiger partial charge on any atom is 0.160 e. The summed E-state index contributed by atoms with van der Waals surface area (Å²) in [7, 11) is 0. The zero-order valence-electron chi connectivity index (χ0n) is 15.1. The summed E-state index contributed by atoms with van der Waals surface area (Å²) in [6.45, 7) is 1.66. The molecule has 0 saturated carbocycles. The molecule has 1 aliphatic heterocycles. The Bertz CT molecular complexity index is 834. The van der Waals surface area contributed by atoms with E-state index in [-0.39, 0.29) is 6.17 Å². The van der Waals surface area contributed by atoms with E-state index in [1.165, 1.54) is 5.56 Å². The topological polar surface area (TPSA) is 31.2 Å². The van der Waals surface area contributed by atoms with Gasteiger partial charge >= 0.3 is 0 Å². The van der Waals surface area contributed by atoms with Gasteiger partial charge in [-0.15, -0.1) is 0 Å². The van der Waals surface area contributed by atoms with E-state index in [1.807, 2.05) is 54.9 Å². The molecule has 3 aromatic carbocycles.